The fraction of sp³-hybridized carbons (Fsp3) is 0.100. The Hall–Kier alpha value is -3.34. The first kappa shape index (κ1) is 16.5. The van der Waals surface area contributed by atoms with E-state index in [-0.39, 0.29) is 5.56 Å². The minimum Gasteiger partial charge on any atom is -0.494 e. The summed E-state index contributed by atoms with van der Waals surface area (Å²) in [6.07, 6.45) is 0. The number of anilines is 1. The smallest absolute Gasteiger partial charge is 0.261 e. The normalized spacial score (nSPS) is 10.3. The molecule has 3 aromatic rings. The van der Waals surface area contributed by atoms with E-state index in [2.05, 4.69) is 10.3 Å². The lowest BCUT2D eigenvalue weighted by atomic mass is 10.1. The third kappa shape index (κ3) is 3.95. The number of hydrogen-bond donors (Lipinski definition) is 2. The van der Waals surface area contributed by atoms with Crippen molar-refractivity contribution in [3.8, 4) is 17.0 Å². The minimum atomic E-state index is -0.454. The Kier molecular flexibility index (Phi) is 4.95. The van der Waals surface area contributed by atoms with E-state index in [1.54, 1.807) is 30.3 Å². The van der Waals surface area contributed by atoms with Gasteiger partial charge in [0, 0.05) is 11.4 Å². The van der Waals surface area contributed by atoms with Gasteiger partial charge in [0.25, 0.3) is 11.5 Å². The van der Waals surface area contributed by atoms with Crippen molar-refractivity contribution in [1.82, 2.24) is 4.98 Å². The van der Waals surface area contributed by atoms with Gasteiger partial charge in [-0.15, -0.1) is 0 Å². The number of carbonyl (C=O) groups is 1. The molecular weight excluding hydrogens is 316 g/mol. The van der Waals surface area contributed by atoms with E-state index in [9.17, 15) is 9.59 Å². The van der Waals surface area contributed by atoms with Gasteiger partial charge in [0.05, 0.1) is 6.61 Å². The van der Waals surface area contributed by atoms with Crippen molar-refractivity contribution in [1.29, 1.82) is 0 Å². The number of H-pyrrole nitrogens is 1. The maximum Gasteiger partial charge on any atom is 0.261 e. The van der Waals surface area contributed by atoms with Crippen molar-refractivity contribution in [3.05, 3.63) is 82.6 Å². The second-order valence-corrected chi connectivity index (χ2v) is 5.39. The monoisotopic (exact) mass is 334 g/mol. The molecule has 0 unspecified atom stereocenters. The molecule has 1 amide bonds. The fourth-order valence-corrected chi connectivity index (χ4v) is 2.44. The molecule has 0 aliphatic heterocycles. The average molecular weight is 334 g/mol. The van der Waals surface area contributed by atoms with Gasteiger partial charge in [-0.05, 0) is 48.9 Å². The van der Waals surface area contributed by atoms with Crippen molar-refractivity contribution >= 4 is 11.6 Å². The number of amides is 1. The molecule has 0 fully saturated rings. The van der Waals surface area contributed by atoms with E-state index in [1.807, 2.05) is 37.3 Å². The second-order valence-electron chi connectivity index (χ2n) is 5.39. The Labute approximate surface area is 145 Å². The lowest BCUT2D eigenvalue weighted by Gasteiger charge is -2.07. The number of benzene rings is 2. The molecule has 0 bridgehead atoms. The predicted octanol–water partition coefficient (Wildman–Crippen LogP) is 3.69. The molecule has 1 heterocycles. The molecule has 0 radical (unpaired) electrons. The molecule has 2 aromatic carbocycles. The standard InChI is InChI=1S/C20H18N2O3/c1-2-25-16-10-8-15(9-11-16)21-19(23)17-12-13-18(22-20(17)24)14-6-4-3-5-7-14/h3-13H,2H2,1H3,(H,21,23)(H,22,24). The SMILES string of the molecule is CCOc1ccc(NC(=O)c2ccc(-c3ccccc3)[nH]c2=O)cc1. The van der Waals surface area contributed by atoms with E-state index >= 15 is 0 Å². The molecule has 0 saturated heterocycles. The largest absolute Gasteiger partial charge is 0.494 e. The van der Waals surface area contributed by atoms with Crippen LogP contribution < -0.4 is 15.6 Å². The fourth-order valence-electron chi connectivity index (χ4n) is 2.44. The van der Waals surface area contributed by atoms with E-state index in [0.717, 1.165) is 11.3 Å². The number of aromatic nitrogens is 1. The van der Waals surface area contributed by atoms with E-state index in [1.165, 1.54) is 6.07 Å². The van der Waals surface area contributed by atoms with Gasteiger partial charge in [-0.1, -0.05) is 30.3 Å². The van der Waals surface area contributed by atoms with Crippen LogP contribution in [0.5, 0.6) is 5.75 Å². The van der Waals surface area contributed by atoms with Crippen LogP contribution in [-0.4, -0.2) is 17.5 Å². The highest BCUT2D eigenvalue weighted by Gasteiger charge is 2.12. The summed E-state index contributed by atoms with van der Waals surface area (Å²) in [5.74, 6) is 0.274. The zero-order chi connectivity index (χ0) is 17.6. The molecule has 0 aliphatic rings. The van der Waals surface area contributed by atoms with Gasteiger partial charge in [0.1, 0.15) is 11.3 Å². The molecule has 25 heavy (non-hydrogen) atoms. The summed E-state index contributed by atoms with van der Waals surface area (Å²) in [5.41, 5.74) is 1.79. The van der Waals surface area contributed by atoms with Crippen LogP contribution in [0, 0.1) is 0 Å². The number of rotatable bonds is 5. The molecule has 126 valence electrons. The van der Waals surface area contributed by atoms with Crippen LogP contribution in [0.4, 0.5) is 5.69 Å². The third-order valence-electron chi connectivity index (χ3n) is 3.66. The summed E-state index contributed by atoms with van der Waals surface area (Å²) in [7, 11) is 0. The molecule has 0 saturated carbocycles. The van der Waals surface area contributed by atoms with Crippen molar-refractivity contribution in [2.45, 2.75) is 6.92 Å². The van der Waals surface area contributed by atoms with Crippen LogP contribution >= 0.6 is 0 Å². The highest BCUT2D eigenvalue weighted by atomic mass is 16.5. The highest BCUT2D eigenvalue weighted by Crippen LogP contribution is 2.17. The summed E-state index contributed by atoms with van der Waals surface area (Å²) in [6.45, 7) is 2.48. The minimum absolute atomic E-state index is 0.0635. The number of ether oxygens (including phenoxy) is 1. The lowest BCUT2D eigenvalue weighted by Crippen LogP contribution is -2.23. The first-order chi connectivity index (χ1) is 12.2. The van der Waals surface area contributed by atoms with E-state index < -0.39 is 11.5 Å². The summed E-state index contributed by atoms with van der Waals surface area (Å²) in [4.78, 5) is 27.3. The molecule has 3 rings (SSSR count). The first-order valence-corrected chi connectivity index (χ1v) is 8.00. The quantitative estimate of drug-likeness (QED) is 0.747. The van der Waals surface area contributed by atoms with Crippen LogP contribution in [-0.2, 0) is 0 Å². The Balaban J connectivity index is 1.77. The molecule has 0 aliphatic carbocycles. The van der Waals surface area contributed by atoms with Gasteiger partial charge in [0.2, 0.25) is 0 Å². The van der Waals surface area contributed by atoms with Crippen LogP contribution in [0.3, 0.4) is 0 Å². The topological polar surface area (TPSA) is 71.2 Å². The average Bonchev–Trinajstić information content (AvgIpc) is 2.64. The first-order valence-electron chi connectivity index (χ1n) is 8.00. The maximum atomic E-state index is 12.3. The molecule has 5 nitrogen and oxygen atoms in total. The predicted molar refractivity (Wildman–Crippen MR) is 98.1 cm³/mol. The van der Waals surface area contributed by atoms with Gasteiger partial charge >= 0.3 is 0 Å². The lowest BCUT2D eigenvalue weighted by molar-refractivity contribution is 0.102. The molecule has 0 atom stereocenters. The summed E-state index contributed by atoms with van der Waals surface area (Å²) >= 11 is 0. The number of hydrogen-bond acceptors (Lipinski definition) is 3. The summed E-state index contributed by atoms with van der Waals surface area (Å²) < 4.78 is 5.36. The van der Waals surface area contributed by atoms with Crippen LogP contribution in [0.1, 0.15) is 17.3 Å². The number of aromatic amines is 1. The Morgan fingerprint density at radius 3 is 2.36 bits per heavy atom. The zero-order valence-electron chi connectivity index (χ0n) is 13.8. The second kappa shape index (κ2) is 7.49. The number of carbonyl (C=O) groups excluding carboxylic acids is 1. The van der Waals surface area contributed by atoms with Crippen LogP contribution in [0.2, 0.25) is 0 Å². The van der Waals surface area contributed by atoms with Gasteiger partial charge in [-0.25, -0.2) is 0 Å². The van der Waals surface area contributed by atoms with Gasteiger partial charge < -0.3 is 15.0 Å². The van der Waals surface area contributed by atoms with Crippen molar-refractivity contribution in [3.63, 3.8) is 0 Å². The molecule has 1 aromatic heterocycles. The van der Waals surface area contributed by atoms with E-state index in [0.29, 0.717) is 18.0 Å². The maximum absolute atomic E-state index is 12.3. The zero-order valence-corrected chi connectivity index (χ0v) is 13.8. The summed E-state index contributed by atoms with van der Waals surface area (Å²) in [6, 6.07) is 19.7. The van der Waals surface area contributed by atoms with E-state index in [4.69, 9.17) is 4.74 Å². The van der Waals surface area contributed by atoms with Crippen LogP contribution in [0.15, 0.2) is 71.5 Å². The molecule has 0 spiro atoms. The molecular formula is C20H18N2O3. The number of pyridine rings is 1. The summed E-state index contributed by atoms with van der Waals surface area (Å²) in [5, 5.41) is 2.71. The number of nitrogens with one attached hydrogen (secondary N) is 2. The Morgan fingerprint density at radius 2 is 1.72 bits per heavy atom. The van der Waals surface area contributed by atoms with Gasteiger partial charge in [-0.2, -0.15) is 0 Å². The van der Waals surface area contributed by atoms with Gasteiger partial charge in [0.15, 0.2) is 0 Å². The third-order valence-corrected chi connectivity index (χ3v) is 3.66. The van der Waals surface area contributed by atoms with Gasteiger partial charge in [-0.3, -0.25) is 9.59 Å². The van der Waals surface area contributed by atoms with Crippen molar-refractivity contribution < 1.29 is 9.53 Å². The Morgan fingerprint density at radius 1 is 1.00 bits per heavy atom. The molecule has 5 heteroatoms. The molecule has 2 N–H and O–H groups in total. The van der Waals surface area contributed by atoms with Crippen molar-refractivity contribution in [2.75, 3.05) is 11.9 Å². The van der Waals surface area contributed by atoms with Crippen LogP contribution in [0.25, 0.3) is 11.3 Å². The van der Waals surface area contributed by atoms with Crippen molar-refractivity contribution in [2.24, 2.45) is 0 Å². The Bertz CT molecular complexity index is 916. The highest BCUT2D eigenvalue weighted by molar-refractivity contribution is 6.04.